The van der Waals surface area contributed by atoms with Gasteiger partial charge in [-0.25, -0.2) is 18.5 Å². The van der Waals surface area contributed by atoms with Gasteiger partial charge in [0.1, 0.15) is 5.84 Å². The van der Waals surface area contributed by atoms with E-state index >= 15 is 0 Å². The highest BCUT2D eigenvalue weighted by molar-refractivity contribution is 7.89. The van der Waals surface area contributed by atoms with E-state index < -0.39 is 35.1 Å². The first-order valence-corrected chi connectivity index (χ1v) is 13.8. The van der Waals surface area contributed by atoms with Crippen LogP contribution in [0.15, 0.2) is 57.9 Å². The van der Waals surface area contributed by atoms with Crippen molar-refractivity contribution in [2.24, 2.45) is 22.4 Å². The lowest BCUT2D eigenvalue weighted by Crippen LogP contribution is -2.52. The van der Waals surface area contributed by atoms with Gasteiger partial charge in [0.25, 0.3) is 5.91 Å². The fourth-order valence-electron chi connectivity index (χ4n) is 4.33. The zero-order chi connectivity index (χ0) is 28.4. The van der Waals surface area contributed by atoms with Crippen molar-refractivity contribution in [1.82, 2.24) is 9.37 Å². The highest BCUT2D eigenvalue weighted by Gasteiger charge is 2.36. The lowest BCUT2D eigenvalue weighted by molar-refractivity contribution is -0.195. The number of nitrogens with zero attached hydrogens (tertiary/aromatic N) is 3. The van der Waals surface area contributed by atoms with Crippen molar-refractivity contribution in [3.8, 4) is 11.1 Å². The molecular weight excluding hydrogens is 535 g/mol. The number of amidine groups is 1. The average Bonchev–Trinajstić information content (AvgIpc) is 3.02. The maximum atomic E-state index is 13.0. The molecule has 4 N–H and O–H groups in total. The summed E-state index contributed by atoms with van der Waals surface area (Å²) in [5.74, 6) is -0.468. The molecule has 2 heterocycles. The molecule has 1 saturated heterocycles. The number of hydrogen-bond acceptors (Lipinski definition) is 7. The molecule has 1 amide bonds. The minimum atomic E-state index is -4.45. The molecule has 0 bridgehead atoms. The van der Waals surface area contributed by atoms with Crippen molar-refractivity contribution in [1.29, 1.82) is 0 Å². The van der Waals surface area contributed by atoms with Crippen molar-refractivity contribution < 1.29 is 31.2 Å². The summed E-state index contributed by atoms with van der Waals surface area (Å²) in [5, 5.41) is 0.700. The summed E-state index contributed by atoms with van der Waals surface area (Å²) in [6.45, 7) is 2.15. The van der Waals surface area contributed by atoms with E-state index in [1.54, 1.807) is 43.3 Å². The van der Waals surface area contributed by atoms with Crippen LogP contribution in [0.2, 0.25) is 0 Å². The molecule has 1 fully saturated rings. The van der Waals surface area contributed by atoms with Crippen molar-refractivity contribution in [3.63, 3.8) is 0 Å². The van der Waals surface area contributed by atoms with Gasteiger partial charge < -0.3 is 11.5 Å². The van der Waals surface area contributed by atoms with E-state index in [1.807, 2.05) is 0 Å². The van der Waals surface area contributed by atoms with Crippen LogP contribution in [0.1, 0.15) is 25.3 Å². The van der Waals surface area contributed by atoms with Gasteiger partial charge in [0.05, 0.1) is 30.2 Å². The fourth-order valence-corrected chi connectivity index (χ4v) is 5.97. The van der Waals surface area contributed by atoms with Gasteiger partial charge in [-0.2, -0.15) is 17.5 Å². The van der Waals surface area contributed by atoms with E-state index in [0.717, 1.165) is 0 Å². The Bertz CT molecular complexity index is 1400. The van der Waals surface area contributed by atoms with Gasteiger partial charge in [-0.15, -0.1) is 0 Å². The standard InChI is InChI=1S/C26H30F3N5O4S/c1-2-38-34(9-8-26(27,28)29)25(35)21-10-20-7-6-19(12-23(20)32-24(31)13-21)18-4-3-5-22(11-18)39(36,37)33-15-17(14-30)16-33/h3-7,10-12,17H,2,8-9,13-16,30H2,1H3,(H2,31,32). The molecule has 39 heavy (non-hydrogen) atoms. The van der Waals surface area contributed by atoms with Crippen molar-refractivity contribution in [3.05, 3.63) is 53.6 Å². The molecule has 0 radical (unpaired) electrons. The molecule has 2 aromatic carbocycles. The van der Waals surface area contributed by atoms with Gasteiger partial charge in [-0.1, -0.05) is 24.3 Å². The molecule has 4 rings (SSSR count). The van der Waals surface area contributed by atoms with E-state index in [4.69, 9.17) is 16.3 Å². The van der Waals surface area contributed by atoms with Crippen LogP contribution in [0.25, 0.3) is 17.2 Å². The van der Waals surface area contributed by atoms with Crippen LogP contribution in [0.5, 0.6) is 0 Å². The molecule has 0 aliphatic carbocycles. The summed E-state index contributed by atoms with van der Waals surface area (Å²) < 4.78 is 65.7. The van der Waals surface area contributed by atoms with E-state index in [0.29, 0.717) is 47.1 Å². The molecule has 0 saturated carbocycles. The van der Waals surface area contributed by atoms with Crippen LogP contribution in [-0.4, -0.2) is 68.5 Å². The first-order valence-electron chi connectivity index (χ1n) is 12.4. The third-order valence-electron chi connectivity index (χ3n) is 6.44. The zero-order valence-electron chi connectivity index (χ0n) is 21.3. The van der Waals surface area contributed by atoms with Crippen molar-refractivity contribution in [2.45, 2.75) is 30.8 Å². The Labute approximate surface area is 224 Å². The van der Waals surface area contributed by atoms with Crippen LogP contribution in [0, 0.1) is 5.92 Å². The SMILES string of the molecule is CCON(CCC(F)(F)F)C(=O)C1=Cc2ccc(-c3cccc(S(=O)(=O)N4CC(CN)C4)c3)cc2N=C(N)C1. The van der Waals surface area contributed by atoms with Crippen LogP contribution in [-0.2, 0) is 19.7 Å². The fraction of sp³-hybridized carbons (Fsp3) is 0.385. The minimum absolute atomic E-state index is 0.0144. The number of nitrogens with two attached hydrogens (primary N) is 2. The van der Waals surface area contributed by atoms with E-state index in [9.17, 15) is 26.4 Å². The van der Waals surface area contributed by atoms with Gasteiger partial charge in [0, 0.05) is 30.6 Å². The molecule has 0 unspecified atom stereocenters. The highest BCUT2D eigenvalue weighted by Crippen LogP contribution is 2.34. The predicted octanol–water partition coefficient (Wildman–Crippen LogP) is 3.44. The summed E-state index contributed by atoms with van der Waals surface area (Å²) in [5.41, 5.74) is 14.1. The smallest absolute Gasteiger partial charge is 0.387 e. The molecule has 210 valence electrons. The van der Waals surface area contributed by atoms with Crippen LogP contribution in [0.4, 0.5) is 18.9 Å². The molecule has 0 atom stereocenters. The topological polar surface area (TPSA) is 131 Å². The summed E-state index contributed by atoms with van der Waals surface area (Å²) >= 11 is 0. The number of aliphatic imine (C=N–C) groups is 1. The number of hydroxylamine groups is 2. The molecule has 0 aromatic heterocycles. The highest BCUT2D eigenvalue weighted by atomic mass is 32.2. The zero-order valence-corrected chi connectivity index (χ0v) is 22.1. The quantitative estimate of drug-likeness (QED) is 0.448. The van der Waals surface area contributed by atoms with Gasteiger partial charge in [0.2, 0.25) is 10.0 Å². The second-order valence-electron chi connectivity index (χ2n) is 9.36. The molecule has 2 aliphatic heterocycles. The van der Waals surface area contributed by atoms with Gasteiger partial charge >= 0.3 is 6.18 Å². The number of sulfonamides is 1. The Morgan fingerprint density at radius 3 is 2.56 bits per heavy atom. The molecule has 2 aromatic rings. The Kier molecular flexibility index (Phi) is 8.45. The number of rotatable bonds is 9. The number of carbonyl (C=O) groups is 1. The minimum Gasteiger partial charge on any atom is -0.387 e. The lowest BCUT2D eigenvalue weighted by atomic mass is 10.0. The van der Waals surface area contributed by atoms with Crippen LogP contribution in [0.3, 0.4) is 0 Å². The second-order valence-corrected chi connectivity index (χ2v) is 11.3. The van der Waals surface area contributed by atoms with E-state index in [2.05, 4.69) is 4.99 Å². The number of halogens is 3. The van der Waals surface area contributed by atoms with Crippen molar-refractivity contribution in [2.75, 3.05) is 32.8 Å². The number of fused-ring (bicyclic) bond motifs is 1. The lowest BCUT2D eigenvalue weighted by Gasteiger charge is -2.37. The monoisotopic (exact) mass is 565 g/mol. The Hall–Kier alpha value is -3.26. The summed E-state index contributed by atoms with van der Waals surface area (Å²) in [6, 6.07) is 11.7. The maximum Gasteiger partial charge on any atom is 0.390 e. The van der Waals surface area contributed by atoms with Crippen LogP contribution < -0.4 is 11.5 Å². The van der Waals surface area contributed by atoms with Gasteiger partial charge in [-0.05, 0) is 54.8 Å². The largest absolute Gasteiger partial charge is 0.390 e. The first kappa shape index (κ1) is 28.7. The predicted molar refractivity (Wildman–Crippen MR) is 141 cm³/mol. The molecule has 13 heteroatoms. The third kappa shape index (κ3) is 6.67. The summed E-state index contributed by atoms with van der Waals surface area (Å²) in [7, 11) is -3.66. The normalized spacial score (nSPS) is 16.5. The Balaban J connectivity index is 1.61. The summed E-state index contributed by atoms with van der Waals surface area (Å²) in [4.78, 5) is 22.8. The number of alkyl halides is 3. The maximum absolute atomic E-state index is 13.0. The number of benzene rings is 2. The first-order chi connectivity index (χ1) is 18.4. The van der Waals surface area contributed by atoms with Gasteiger partial charge in [-0.3, -0.25) is 9.63 Å². The average molecular weight is 566 g/mol. The van der Waals surface area contributed by atoms with Crippen molar-refractivity contribution >= 4 is 33.5 Å². The molecule has 9 nitrogen and oxygen atoms in total. The second kappa shape index (κ2) is 11.5. The molecular formula is C26H30F3N5O4S. The van der Waals surface area contributed by atoms with E-state index in [-0.39, 0.29) is 35.2 Å². The number of hydrogen-bond donors (Lipinski definition) is 2. The molecule has 2 aliphatic rings. The number of carbonyl (C=O) groups excluding carboxylic acids is 1. The number of amides is 1. The Morgan fingerprint density at radius 1 is 1.18 bits per heavy atom. The third-order valence-corrected chi connectivity index (χ3v) is 8.27. The van der Waals surface area contributed by atoms with Gasteiger partial charge in [0.15, 0.2) is 0 Å². The Morgan fingerprint density at radius 2 is 1.90 bits per heavy atom. The van der Waals surface area contributed by atoms with E-state index in [1.165, 1.54) is 16.4 Å². The summed E-state index contributed by atoms with van der Waals surface area (Å²) in [6.07, 6.45) is -4.21. The van der Waals surface area contributed by atoms with Crippen LogP contribution >= 0.6 is 0 Å². The molecule has 0 spiro atoms.